The Balaban J connectivity index is 2.52. The van der Waals surface area contributed by atoms with E-state index in [1.807, 2.05) is 6.08 Å². The molecule has 15 heavy (non-hydrogen) atoms. The van der Waals surface area contributed by atoms with Crippen LogP contribution in [0.2, 0.25) is 0 Å². The lowest BCUT2D eigenvalue weighted by Gasteiger charge is -2.04. The summed E-state index contributed by atoms with van der Waals surface area (Å²) < 4.78 is 0.753. The third-order valence-corrected chi connectivity index (χ3v) is 2.29. The molecule has 1 heterocycles. The van der Waals surface area contributed by atoms with Gasteiger partial charge in [0.25, 0.3) is 0 Å². The molecule has 0 saturated heterocycles. The number of allylic oxidation sites excluding steroid dienone is 1. The highest BCUT2D eigenvalue weighted by Gasteiger charge is 2.23. The van der Waals surface area contributed by atoms with E-state index in [9.17, 15) is 15.0 Å². The predicted octanol–water partition coefficient (Wildman–Crippen LogP) is 0.834. The average molecular weight is 209 g/mol. The Morgan fingerprint density at radius 3 is 2.80 bits per heavy atom. The molecule has 80 valence electrons. The van der Waals surface area contributed by atoms with Crippen molar-refractivity contribution in [3.63, 3.8) is 0 Å². The molecule has 0 unspecified atom stereocenters. The Morgan fingerprint density at radius 1 is 1.47 bits per heavy atom. The van der Waals surface area contributed by atoms with Gasteiger partial charge in [-0.2, -0.15) is 0 Å². The van der Waals surface area contributed by atoms with E-state index in [4.69, 9.17) is 0 Å². The molecule has 0 saturated carbocycles. The van der Waals surface area contributed by atoms with Gasteiger partial charge in [-0.15, -0.1) is 4.73 Å². The maximum Gasteiger partial charge on any atom is 0.330 e. The number of carbonyl (C=O) groups is 1. The smallest absolute Gasteiger partial charge is 0.330 e. The summed E-state index contributed by atoms with van der Waals surface area (Å²) in [6.45, 7) is 1.20. The Morgan fingerprint density at radius 2 is 2.20 bits per heavy atom. The first-order valence-electron chi connectivity index (χ1n) is 4.62. The summed E-state index contributed by atoms with van der Waals surface area (Å²) in [6, 6.07) is 0. The monoisotopic (exact) mass is 209 g/mol. The van der Waals surface area contributed by atoms with Crippen molar-refractivity contribution >= 4 is 12.0 Å². The Bertz CT molecular complexity index is 445. The number of nitrogens with zero attached hydrogens (tertiary/aromatic N) is 1. The fraction of sp³-hybridized carbons (Fsp3) is 0.300. The molecule has 5 nitrogen and oxygen atoms in total. The molecular weight excluding hydrogens is 198 g/mol. The van der Waals surface area contributed by atoms with Gasteiger partial charge in [0, 0.05) is 18.1 Å². The molecule has 0 radical (unpaired) electrons. The second-order valence-corrected chi connectivity index (χ2v) is 3.36. The lowest BCUT2D eigenvalue weighted by atomic mass is 10.0. The topological polar surface area (TPSA) is 71.7 Å². The summed E-state index contributed by atoms with van der Waals surface area (Å²) >= 11 is 0. The molecule has 1 aromatic rings. The Kier molecular flexibility index (Phi) is 2.15. The highest BCUT2D eigenvalue weighted by atomic mass is 16.7. The van der Waals surface area contributed by atoms with Crippen molar-refractivity contribution in [1.82, 2.24) is 4.73 Å². The molecule has 1 aromatic heterocycles. The fourth-order valence-electron chi connectivity index (χ4n) is 1.65. The number of aromatic nitrogens is 1. The van der Waals surface area contributed by atoms with Gasteiger partial charge in [-0.1, -0.05) is 12.2 Å². The zero-order chi connectivity index (χ0) is 11.0. The molecule has 0 fully saturated rings. The molecule has 1 aliphatic rings. The SMILES string of the molecule is CC(=O)On1c(O)c2c(c1O)CCC=C2. The number of hydrogen-bond acceptors (Lipinski definition) is 4. The van der Waals surface area contributed by atoms with E-state index in [0.29, 0.717) is 17.5 Å². The van der Waals surface area contributed by atoms with Gasteiger partial charge in [0.2, 0.25) is 11.8 Å². The molecule has 5 heteroatoms. The number of aromatic hydroxyl groups is 2. The number of hydrogen-bond donors (Lipinski definition) is 2. The van der Waals surface area contributed by atoms with E-state index in [0.717, 1.165) is 11.2 Å². The minimum Gasteiger partial charge on any atom is -0.492 e. The van der Waals surface area contributed by atoms with E-state index in [-0.39, 0.29) is 11.8 Å². The average Bonchev–Trinajstić information content (AvgIpc) is 2.44. The van der Waals surface area contributed by atoms with Crippen molar-refractivity contribution in [3.05, 3.63) is 17.2 Å². The third-order valence-electron chi connectivity index (χ3n) is 2.29. The standard InChI is InChI=1S/C10H11NO4/c1-6(12)15-11-9(13)7-4-2-3-5-8(7)10(11)14/h2,4,13-14H,3,5H2,1H3. The van der Waals surface area contributed by atoms with Crippen LogP contribution < -0.4 is 4.84 Å². The maximum atomic E-state index is 10.7. The van der Waals surface area contributed by atoms with E-state index < -0.39 is 5.97 Å². The first kappa shape index (κ1) is 9.64. The van der Waals surface area contributed by atoms with Crippen LogP contribution in [0.15, 0.2) is 6.08 Å². The van der Waals surface area contributed by atoms with Gasteiger partial charge >= 0.3 is 5.97 Å². The normalized spacial score (nSPS) is 13.7. The van der Waals surface area contributed by atoms with Gasteiger partial charge in [0.1, 0.15) is 0 Å². The maximum absolute atomic E-state index is 10.7. The second-order valence-electron chi connectivity index (χ2n) is 3.36. The van der Waals surface area contributed by atoms with Crippen LogP contribution in [0.3, 0.4) is 0 Å². The highest BCUT2D eigenvalue weighted by Crippen LogP contribution is 2.36. The van der Waals surface area contributed by atoms with Crippen molar-refractivity contribution < 1.29 is 19.8 Å². The van der Waals surface area contributed by atoms with Crippen LogP contribution in [0.25, 0.3) is 6.08 Å². The Hall–Kier alpha value is -1.91. The highest BCUT2D eigenvalue weighted by molar-refractivity contribution is 5.69. The summed E-state index contributed by atoms with van der Waals surface area (Å²) in [5.41, 5.74) is 1.12. The molecule has 0 aromatic carbocycles. The number of fused-ring (bicyclic) bond motifs is 1. The van der Waals surface area contributed by atoms with Gasteiger partial charge in [-0.3, -0.25) is 0 Å². The van der Waals surface area contributed by atoms with Crippen molar-refractivity contribution in [1.29, 1.82) is 0 Å². The van der Waals surface area contributed by atoms with Gasteiger partial charge in [0.05, 0.1) is 0 Å². The van der Waals surface area contributed by atoms with Crippen LogP contribution in [0.1, 0.15) is 24.5 Å². The van der Waals surface area contributed by atoms with Gasteiger partial charge in [0.15, 0.2) is 0 Å². The van der Waals surface area contributed by atoms with E-state index in [1.165, 1.54) is 6.92 Å². The van der Waals surface area contributed by atoms with Crippen molar-refractivity contribution in [2.24, 2.45) is 0 Å². The molecule has 1 aliphatic carbocycles. The van der Waals surface area contributed by atoms with Gasteiger partial charge < -0.3 is 15.1 Å². The van der Waals surface area contributed by atoms with Gasteiger partial charge in [-0.05, 0) is 12.8 Å². The van der Waals surface area contributed by atoms with Crippen LogP contribution >= 0.6 is 0 Å². The third kappa shape index (κ3) is 1.45. The molecule has 0 aliphatic heterocycles. The summed E-state index contributed by atoms with van der Waals surface area (Å²) in [5.74, 6) is -1.05. The molecule has 2 N–H and O–H groups in total. The Labute approximate surface area is 86.2 Å². The predicted molar refractivity (Wildman–Crippen MR) is 52.4 cm³/mol. The van der Waals surface area contributed by atoms with E-state index >= 15 is 0 Å². The van der Waals surface area contributed by atoms with Gasteiger partial charge in [-0.25, -0.2) is 4.79 Å². The van der Waals surface area contributed by atoms with Crippen molar-refractivity contribution in [2.45, 2.75) is 19.8 Å². The number of rotatable bonds is 1. The summed E-state index contributed by atoms with van der Waals surface area (Å²) in [6.07, 6.45) is 5.01. The van der Waals surface area contributed by atoms with Crippen LogP contribution in [0.4, 0.5) is 0 Å². The first-order chi connectivity index (χ1) is 7.11. The van der Waals surface area contributed by atoms with Crippen LogP contribution in [0, 0.1) is 0 Å². The molecule has 0 atom stereocenters. The van der Waals surface area contributed by atoms with Crippen molar-refractivity contribution in [3.8, 4) is 11.8 Å². The van der Waals surface area contributed by atoms with Crippen LogP contribution in [0.5, 0.6) is 11.8 Å². The van der Waals surface area contributed by atoms with Crippen LogP contribution in [-0.4, -0.2) is 20.9 Å². The largest absolute Gasteiger partial charge is 0.492 e. The molecule has 0 amide bonds. The second kappa shape index (κ2) is 3.34. The summed E-state index contributed by atoms with van der Waals surface area (Å²) in [7, 11) is 0. The minimum atomic E-state index is -0.600. The molecule has 2 rings (SSSR count). The molecule has 0 bridgehead atoms. The zero-order valence-corrected chi connectivity index (χ0v) is 8.23. The lowest BCUT2D eigenvalue weighted by molar-refractivity contribution is -0.142. The zero-order valence-electron chi connectivity index (χ0n) is 8.23. The molecule has 0 spiro atoms. The number of carbonyl (C=O) groups excluding carboxylic acids is 1. The molecular formula is C10H11NO4. The minimum absolute atomic E-state index is 0.206. The summed E-state index contributed by atoms with van der Waals surface area (Å²) in [4.78, 5) is 15.4. The first-order valence-corrected chi connectivity index (χ1v) is 4.62. The quantitative estimate of drug-likeness (QED) is 0.718. The fourth-order valence-corrected chi connectivity index (χ4v) is 1.65. The van der Waals surface area contributed by atoms with E-state index in [1.54, 1.807) is 6.08 Å². The summed E-state index contributed by atoms with van der Waals surface area (Å²) in [5, 5.41) is 19.4. The van der Waals surface area contributed by atoms with Crippen molar-refractivity contribution in [2.75, 3.05) is 0 Å². The lowest BCUT2D eigenvalue weighted by Crippen LogP contribution is -2.15. The van der Waals surface area contributed by atoms with Crippen LogP contribution in [-0.2, 0) is 11.2 Å². The van der Waals surface area contributed by atoms with E-state index in [2.05, 4.69) is 4.84 Å².